The number of ether oxygens (including phenoxy) is 3. The summed E-state index contributed by atoms with van der Waals surface area (Å²) in [5.41, 5.74) is 2.37. The fraction of sp³-hybridized carbons (Fsp3) is 0.286. The van der Waals surface area contributed by atoms with E-state index in [0.29, 0.717) is 51.3 Å². The fourth-order valence-electron chi connectivity index (χ4n) is 3.95. The average Bonchev–Trinajstić information content (AvgIpc) is 3.29. The van der Waals surface area contributed by atoms with Gasteiger partial charge in [-0.25, -0.2) is 0 Å². The molecule has 4 rings (SSSR count). The van der Waals surface area contributed by atoms with Crippen LogP contribution >= 0.6 is 35.0 Å². The number of hydrogen-bond acceptors (Lipinski definition) is 8. The molecule has 40 heavy (non-hydrogen) atoms. The third-order valence-electron chi connectivity index (χ3n) is 5.78. The highest BCUT2D eigenvalue weighted by Crippen LogP contribution is 2.40. The number of hydrogen-bond donors (Lipinski definition) is 0. The first-order valence-electron chi connectivity index (χ1n) is 12.6. The molecule has 0 amide bonds. The van der Waals surface area contributed by atoms with Crippen molar-refractivity contribution in [2.45, 2.75) is 37.8 Å². The van der Waals surface area contributed by atoms with Crippen LogP contribution in [0.3, 0.4) is 0 Å². The number of nitro groups is 1. The molecule has 0 N–H and O–H groups in total. The van der Waals surface area contributed by atoms with E-state index in [2.05, 4.69) is 10.2 Å². The second-order valence-electron chi connectivity index (χ2n) is 8.59. The van der Waals surface area contributed by atoms with Crippen LogP contribution in [0, 0.1) is 17.0 Å². The second kappa shape index (κ2) is 13.7. The Morgan fingerprint density at radius 2 is 1.68 bits per heavy atom. The number of nitrogens with zero attached hydrogens (tertiary/aromatic N) is 4. The SMILES string of the molecule is CCOc1ccc(-n2c(C)nnc2S[C@@H](C[N+](=O)[O-])c2ccc(OCc3ccc(Cl)c(Cl)c3)c(OCC)c2)cc1. The summed E-state index contributed by atoms with van der Waals surface area (Å²) >= 11 is 13.4. The Labute approximate surface area is 246 Å². The van der Waals surface area contributed by atoms with Crippen LogP contribution in [-0.2, 0) is 6.61 Å². The molecule has 0 unspecified atom stereocenters. The number of thioether (sulfide) groups is 1. The molecule has 3 aromatic carbocycles. The van der Waals surface area contributed by atoms with Crippen molar-refractivity contribution < 1.29 is 19.1 Å². The zero-order valence-corrected chi connectivity index (χ0v) is 24.5. The highest BCUT2D eigenvalue weighted by Gasteiger charge is 2.25. The molecule has 210 valence electrons. The lowest BCUT2D eigenvalue weighted by Gasteiger charge is -2.17. The van der Waals surface area contributed by atoms with Crippen LogP contribution in [-0.4, -0.2) is 39.4 Å². The average molecular weight is 604 g/mol. The van der Waals surface area contributed by atoms with Crippen LogP contribution in [0.15, 0.2) is 65.8 Å². The number of rotatable bonds is 13. The van der Waals surface area contributed by atoms with Crippen molar-refractivity contribution in [2.24, 2.45) is 0 Å². The van der Waals surface area contributed by atoms with Crippen molar-refractivity contribution in [1.29, 1.82) is 0 Å². The Kier molecular flexibility index (Phi) is 10.1. The third-order valence-corrected chi connectivity index (χ3v) is 7.70. The van der Waals surface area contributed by atoms with Crippen LogP contribution in [0.5, 0.6) is 17.2 Å². The third kappa shape index (κ3) is 7.38. The lowest BCUT2D eigenvalue weighted by atomic mass is 10.1. The monoisotopic (exact) mass is 602 g/mol. The zero-order valence-electron chi connectivity index (χ0n) is 22.2. The molecule has 9 nitrogen and oxygen atoms in total. The standard InChI is InChI=1S/C28H28Cl2N4O5S/c1-4-37-22-10-8-21(9-11-22)34-18(3)31-32-28(34)40-27(16-33(35)36)20-7-13-25(26(15-20)38-5-2)39-17-19-6-12-23(29)24(30)14-19/h6-15,27H,4-5,16-17H2,1-3H3/t27-/m0/s1. The molecule has 0 saturated heterocycles. The minimum Gasteiger partial charge on any atom is -0.494 e. The van der Waals surface area contributed by atoms with E-state index in [-0.39, 0.29) is 18.1 Å². The zero-order chi connectivity index (χ0) is 28.6. The summed E-state index contributed by atoms with van der Waals surface area (Å²) in [5.74, 6) is 2.41. The predicted octanol–water partition coefficient (Wildman–Crippen LogP) is 7.37. The van der Waals surface area contributed by atoms with Gasteiger partial charge in [-0.3, -0.25) is 14.7 Å². The van der Waals surface area contributed by atoms with Gasteiger partial charge in [0.15, 0.2) is 16.7 Å². The first-order valence-corrected chi connectivity index (χ1v) is 14.2. The van der Waals surface area contributed by atoms with Crippen molar-refractivity contribution in [2.75, 3.05) is 19.8 Å². The molecule has 0 aliphatic carbocycles. The lowest BCUT2D eigenvalue weighted by Crippen LogP contribution is -2.12. The fourth-order valence-corrected chi connectivity index (χ4v) is 5.44. The van der Waals surface area contributed by atoms with E-state index in [1.807, 2.05) is 55.7 Å². The topological polar surface area (TPSA) is 102 Å². The Balaban J connectivity index is 1.60. The second-order valence-corrected chi connectivity index (χ2v) is 10.6. The van der Waals surface area contributed by atoms with E-state index in [9.17, 15) is 10.1 Å². The van der Waals surface area contributed by atoms with Crippen molar-refractivity contribution in [3.8, 4) is 22.9 Å². The first kappa shape index (κ1) is 29.5. The van der Waals surface area contributed by atoms with E-state index in [0.717, 1.165) is 17.0 Å². The van der Waals surface area contributed by atoms with Gasteiger partial charge in [0.25, 0.3) is 0 Å². The van der Waals surface area contributed by atoms with E-state index < -0.39 is 5.25 Å². The van der Waals surface area contributed by atoms with Gasteiger partial charge in [0.2, 0.25) is 6.54 Å². The molecule has 1 heterocycles. The molecule has 0 fully saturated rings. The van der Waals surface area contributed by atoms with E-state index in [1.54, 1.807) is 30.3 Å². The minimum atomic E-state index is -0.566. The van der Waals surface area contributed by atoms with Crippen LogP contribution in [0.4, 0.5) is 0 Å². The summed E-state index contributed by atoms with van der Waals surface area (Å²) in [7, 11) is 0. The first-order chi connectivity index (χ1) is 19.3. The molecule has 0 saturated carbocycles. The molecule has 4 aromatic rings. The smallest absolute Gasteiger partial charge is 0.220 e. The van der Waals surface area contributed by atoms with Gasteiger partial charge < -0.3 is 14.2 Å². The number of aromatic nitrogens is 3. The molecule has 1 atom stereocenters. The van der Waals surface area contributed by atoms with Crippen molar-refractivity contribution >= 4 is 35.0 Å². The number of aryl methyl sites for hydroxylation is 1. The van der Waals surface area contributed by atoms with Gasteiger partial charge in [-0.1, -0.05) is 47.1 Å². The van der Waals surface area contributed by atoms with E-state index in [1.165, 1.54) is 11.8 Å². The van der Waals surface area contributed by atoms with Crippen LogP contribution in [0.2, 0.25) is 10.0 Å². The predicted molar refractivity (Wildman–Crippen MR) is 156 cm³/mol. The van der Waals surface area contributed by atoms with E-state index >= 15 is 0 Å². The molecule has 0 radical (unpaired) electrons. The summed E-state index contributed by atoms with van der Waals surface area (Å²) in [6.07, 6.45) is 0. The van der Waals surface area contributed by atoms with Gasteiger partial charge >= 0.3 is 0 Å². The van der Waals surface area contributed by atoms with Crippen molar-refractivity contribution in [3.63, 3.8) is 0 Å². The van der Waals surface area contributed by atoms with Gasteiger partial charge in [0, 0.05) is 10.6 Å². The summed E-state index contributed by atoms with van der Waals surface area (Å²) in [4.78, 5) is 11.3. The van der Waals surface area contributed by atoms with Gasteiger partial charge in [0.05, 0.1) is 23.3 Å². The molecule has 0 aliphatic rings. The maximum atomic E-state index is 11.7. The Hall–Kier alpha value is -3.47. The van der Waals surface area contributed by atoms with Gasteiger partial charge in [-0.2, -0.15) is 0 Å². The summed E-state index contributed by atoms with van der Waals surface area (Å²) in [6.45, 7) is 6.50. The van der Waals surface area contributed by atoms with Gasteiger partial charge in [0.1, 0.15) is 23.4 Å². The Morgan fingerprint density at radius 3 is 2.35 bits per heavy atom. The highest BCUT2D eigenvalue weighted by atomic mass is 35.5. The normalized spacial score (nSPS) is 11.7. The van der Waals surface area contributed by atoms with E-state index in [4.69, 9.17) is 37.4 Å². The molecule has 0 aliphatic heterocycles. The van der Waals surface area contributed by atoms with Crippen molar-refractivity contribution in [1.82, 2.24) is 14.8 Å². The maximum Gasteiger partial charge on any atom is 0.220 e. The minimum absolute atomic E-state index is 0.244. The summed E-state index contributed by atoms with van der Waals surface area (Å²) in [6, 6.07) is 18.2. The Bertz CT molecular complexity index is 1470. The number of benzene rings is 3. The highest BCUT2D eigenvalue weighted by molar-refractivity contribution is 7.99. The van der Waals surface area contributed by atoms with Crippen molar-refractivity contribution in [3.05, 3.63) is 97.8 Å². The van der Waals surface area contributed by atoms with Crippen LogP contribution in [0.1, 0.15) is 36.0 Å². The number of halogens is 2. The molecule has 12 heteroatoms. The molecular formula is C28H28Cl2N4O5S. The molecule has 1 aromatic heterocycles. The van der Waals surface area contributed by atoms with Gasteiger partial charge in [-0.15, -0.1) is 10.2 Å². The quantitative estimate of drug-likeness (QED) is 0.0887. The maximum absolute atomic E-state index is 11.7. The largest absolute Gasteiger partial charge is 0.494 e. The van der Waals surface area contributed by atoms with Crippen LogP contribution < -0.4 is 14.2 Å². The summed E-state index contributed by atoms with van der Waals surface area (Å²) in [5, 5.41) is 21.1. The molecule has 0 bridgehead atoms. The lowest BCUT2D eigenvalue weighted by molar-refractivity contribution is -0.479. The van der Waals surface area contributed by atoms with Crippen LogP contribution in [0.25, 0.3) is 5.69 Å². The molecular weight excluding hydrogens is 575 g/mol. The Morgan fingerprint density at radius 1 is 0.925 bits per heavy atom. The summed E-state index contributed by atoms with van der Waals surface area (Å²) < 4.78 is 19.3. The van der Waals surface area contributed by atoms with Gasteiger partial charge in [-0.05, 0) is 80.4 Å². The molecule has 0 spiro atoms.